The number of nitrogens with two attached hydrogens (primary N) is 1. The van der Waals surface area contributed by atoms with Crippen molar-refractivity contribution in [3.05, 3.63) is 23.3 Å². The van der Waals surface area contributed by atoms with Crippen molar-refractivity contribution >= 4 is 17.3 Å². The van der Waals surface area contributed by atoms with E-state index in [-0.39, 0.29) is 12.3 Å². The summed E-state index contributed by atoms with van der Waals surface area (Å²) in [7, 11) is 0. The monoisotopic (exact) mass is 203 g/mol. The fourth-order valence-corrected chi connectivity index (χ4v) is 1.68. The van der Waals surface area contributed by atoms with Gasteiger partial charge in [0.25, 0.3) is 0 Å². The van der Waals surface area contributed by atoms with Crippen LogP contribution in [0.1, 0.15) is 18.1 Å². The van der Waals surface area contributed by atoms with E-state index in [2.05, 4.69) is 15.8 Å². The molecule has 0 spiro atoms. The van der Waals surface area contributed by atoms with E-state index in [9.17, 15) is 4.79 Å². The zero-order valence-electron chi connectivity index (χ0n) is 8.40. The number of hydrogen-bond donors (Lipinski definition) is 1. The molecule has 5 nitrogen and oxygen atoms in total. The molecular formula is C10H11N4O. The zero-order valence-corrected chi connectivity index (χ0v) is 8.40. The van der Waals surface area contributed by atoms with Gasteiger partial charge in [0.1, 0.15) is 11.4 Å². The molecule has 0 aromatic heterocycles. The van der Waals surface area contributed by atoms with E-state index in [1.807, 2.05) is 19.1 Å². The number of amides is 1. The van der Waals surface area contributed by atoms with Crippen molar-refractivity contribution in [3.8, 4) is 0 Å². The topological polar surface area (TPSA) is 81.9 Å². The summed E-state index contributed by atoms with van der Waals surface area (Å²) >= 11 is 0. The summed E-state index contributed by atoms with van der Waals surface area (Å²) < 4.78 is 0. The molecule has 1 heterocycles. The summed E-state index contributed by atoms with van der Waals surface area (Å²) in [6, 6.07) is 3.80. The highest BCUT2D eigenvalue weighted by atomic mass is 16.1. The Morgan fingerprint density at radius 3 is 2.93 bits per heavy atom. The van der Waals surface area contributed by atoms with E-state index >= 15 is 0 Å². The van der Waals surface area contributed by atoms with Crippen LogP contribution >= 0.6 is 0 Å². The van der Waals surface area contributed by atoms with Crippen LogP contribution in [0.5, 0.6) is 0 Å². The van der Waals surface area contributed by atoms with Gasteiger partial charge in [0.2, 0.25) is 5.91 Å². The predicted octanol–water partition coefficient (Wildman–Crippen LogP) is 1.52. The second-order valence-electron chi connectivity index (χ2n) is 3.36. The van der Waals surface area contributed by atoms with Gasteiger partial charge < -0.3 is 5.73 Å². The molecule has 0 aliphatic carbocycles. The van der Waals surface area contributed by atoms with Crippen LogP contribution in [-0.2, 0) is 17.6 Å². The number of rotatable bonds is 3. The maximum atomic E-state index is 11.0. The lowest BCUT2D eigenvalue weighted by Crippen LogP contribution is -2.15. The van der Waals surface area contributed by atoms with Crippen molar-refractivity contribution in [3.63, 3.8) is 0 Å². The van der Waals surface area contributed by atoms with Crippen LogP contribution in [0.4, 0.5) is 11.4 Å². The van der Waals surface area contributed by atoms with E-state index in [1.54, 1.807) is 0 Å². The van der Waals surface area contributed by atoms with Gasteiger partial charge in [0, 0.05) is 0 Å². The maximum absolute atomic E-state index is 11.0. The van der Waals surface area contributed by atoms with Crippen LogP contribution in [0.3, 0.4) is 0 Å². The number of carbonyl (C=O) groups is 1. The molecule has 0 unspecified atom stereocenters. The molecule has 15 heavy (non-hydrogen) atoms. The molecule has 0 fully saturated rings. The van der Waals surface area contributed by atoms with Crippen LogP contribution in [0, 0.1) is 0 Å². The first kappa shape index (κ1) is 9.64. The van der Waals surface area contributed by atoms with Gasteiger partial charge in [0.05, 0.1) is 6.42 Å². The standard InChI is InChI=1S/C10H11N4O/c1-2-6-3-4-8-10(13-14-12-8)7(6)5-9(11)15/h3-4H,2,5H2,1H3,(H2,11,15). The van der Waals surface area contributed by atoms with Gasteiger partial charge in [0.15, 0.2) is 0 Å². The molecule has 2 rings (SSSR count). The van der Waals surface area contributed by atoms with Crippen molar-refractivity contribution in [1.82, 2.24) is 5.43 Å². The SMILES string of the molecule is CCc1ccc2c(c1CC(N)=O)N=N[N]2. The Kier molecular flexibility index (Phi) is 2.37. The van der Waals surface area contributed by atoms with Gasteiger partial charge in [-0.2, -0.15) is 0 Å². The molecule has 2 N–H and O–H groups in total. The minimum Gasteiger partial charge on any atom is -0.369 e. The summed E-state index contributed by atoms with van der Waals surface area (Å²) in [6.07, 6.45) is 1.03. The molecule has 77 valence electrons. The first-order chi connectivity index (χ1) is 7.22. The average Bonchev–Trinajstić information content (AvgIpc) is 2.65. The molecule has 1 aliphatic rings. The zero-order chi connectivity index (χ0) is 10.8. The molecule has 0 atom stereocenters. The minimum absolute atomic E-state index is 0.195. The third-order valence-electron chi connectivity index (χ3n) is 2.39. The van der Waals surface area contributed by atoms with Crippen LogP contribution in [0.2, 0.25) is 0 Å². The molecule has 0 bridgehead atoms. The van der Waals surface area contributed by atoms with Crippen LogP contribution in [-0.4, -0.2) is 5.91 Å². The highest BCUT2D eigenvalue weighted by molar-refractivity contribution is 5.81. The Morgan fingerprint density at radius 2 is 2.27 bits per heavy atom. The predicted molar refractivity (Wildman–Crippen MR) is 55.0 cm³/mol. The lowest BCUT2D eigenvalue weighted by atomic mass is 9.99. The third-order valence-corrected chi connectivity index (χ3v) is 2.39. The van der Waals surface area contributed by atoms with Gasteiger partial charge in [-0.1, -0.05) is 13.0 Å². The van der Waals surface area contributed by atoms with Gasteiger partial charge in [-0.3, -0.25) is 4.79 Å². The Labute approximate surface area is 87.4 Å². The van der Waals surface area contributed by atoms with Crippen molar-refractivity contribution in [2.75, 3.05) is 0 Å². The summed E-state index contributed by atoms with van der Waals surface area (Å²) in [5, 5.41) is 7.50. The van der Waals surface area contributed by atoms with E-state index in [1.165, 1.54) is 0 Å². The highest BCUT2D eigenvalue weighted by Crippen LogP contribution is 2.36. The van der Waals surface area contributed by atoms with Crippen LogP contribution < -0.4 is 11.2 Å². The number of aryl methyl sites for hydroxylation is 1. The second kappa shape index (κ2) is 3.68. The number of hydrogen-bond acceptors (Lipinski definition) is 3. The molecule has 1 radical (unpaired) electrons. The highest BCUT2D eigenvalue weighted by Gasteiger charge is 2.18. The van der Waals surface area contributed by atoms with E-state index in [0.717, 1.165) is 17.5 Å². The smallest absolute Gasteiger partial charge is 0.221 e. The molecule has 1 amide bonds. The quantitative estimate of drug-likeness (QED) is 0.793. The number of primary amides is 1. The van der Waals surface area contributed by atoms with E-state index < -0.39 is 0 Å². The summed E-state index contributed by atoms with van der Waals surface area (Å²) in [4.78, 5) is 11.0. The lowest BCUT2D eigenvalue weighted by Gasteiger charge is -2.08. The average molecular weight is 203 g/mol. The Bertz CT molecular complexity index is 439. The molecular weight excluding hydrogens is 192 g/mol. The maximum Gasteiger partial charge on any atom is 0.221 e. The van der Waals surface area contributed by atoms with Crippen LogP contribution in [0.15, 0.2) is 22.5 Å². The molecule has 5 heteroatoms. The fraction of sp³-hybridized carbons (Fsp3) is 0.300. The molecule has 1 aromatic rings. The second-order valence-corrected chi connectivity index (χ2v) is 3.36. The minimum atomic E-state index is -0.361. The normalized spacial score (nSPS) is 12.3. The molecule has 1 aromatic carbocycles. The van der Waals surface area contributed by atoms with E-state index in [4.69, 9.17) is 5.73 Å². The summed E-state index contributed by atoms with van der Waals surface area (Å²) in [5.41, 5.74) is 12.4. The van der Waals surface area contributed by atoms with Crippen molar-refractivity contribution in [2.24, 2.45) is 16.1 Å². The largest absolute Gasteiger partial charge is 0.369 e. The van der Waals surface area contributed by atoms with Crippen molar-refractivity contribution in [2.45, 2.75) is 19.8 Å². The van der Waals surface area contributed by atoms with Gasteiger partial charge >= 0.3 is 0 Å². The van der Waals surface area contributed by atoms with E-state index in [0.29, 0.717) is 11.4 Å². The number of benzene rings is 1. The Hall–Kier alpha value is -1.91. The number of nitrogens with zero attached hydrogens (tertiary/aromatic N) is 3. The van der Waals surface area contributed by atoms with Gasteiger partial charge in [-0.25, -0.2) is 0 Å². The Balaban J connectivity index is 2.51. The first-order valence-corrected chi connectivity index (χ1v) is 4.77. The first-order valence-electron chi connectivity index (χ1n) is 4.77. The fourth-order valence-electron chi connectivity index (χ4n) is 1.68. The van der Waals surface area contributed by atoms with Gasteiger partial charge in [-0.05, 0) is 28.8 Å². The summed E-state index contributed by atoms with van der Waals surface area (Å²) in [5.74, 6) is -0.361. The molecule has 0 saturated heterocycles. The van der Waals surface area contributed by atoms with Crippen molar-refractivity contribution in [1.29, 1.82) is 0 Å². The third kappa shape index (κ3) is 1.68. The Morgan fingerprint density at radius 1 is 1.47 bits per heavy atom. The number of carbonyl (C=O) groups excluding carboxylic acids is 1. The molecule has 1 aliphatic heterocycles. The van der Waals surface area contributed by atoms with Crippen LogP contribution in [0.25, 0.3) is 0 Å². The molecule has 0 saturated carbocycles. The summed E-state index contributed by atoms with van der Waals surface area (Å²) in [6.45, 7) is 2.02. The lowest BCUT2D eigenvalue weighted by molar-refractivity contribution is -0.117. The van der Waals surface area contributed by atoms with Gasteiger partial charge in [-0.15, -0.1) is 10.5 Å². The number of fused-ring (bicyclic) bond motifs is 1. The van der Waals surface area contributed by atoms with Crippen molar-refractivity contribution < 1.29 is 4.79 Å².